The molecular formula is C30H19Br2ClFN3O4. The van der Waals surface area contributed by atoms with Crippen molar-refractivity contribution in [1.82, 2.24) is 10.4 Å². The molecule has 0 radical (unpaired) electrons. The Bertz CT molecular complexity index is 1830. The Labute approximate surface area is 255 Å². The first-order valence-electron chi connectivity index (χ1n) is 12.0. The average molecular weight is 700 g/mol. The van der Waals surface area contributed by atoms with Crippen LogP contribution in [0.2, 0.25) is 5.02 Å². The molecule has 5 aromatic rings. The number of esters is 1. The van der Waals surface area contributed by atoms with Crippen molar-refractivity contribution in [2.75, 3.05) is 7.11 Å². The van der Waals surface area contributed by atoms with Gasteiger partial charge in [-0.15, -0.1) is 0 Å². The molecule has 0 saturated heterocycles. The maximum atomic E-state index is 14.6. The lowest BCUT2D eigenvalue weighted by atomic mass is 10.0. The summed E-state index contributed by atoms with van der Waals surface area (Å²) in [5, 5.41) is 5.00. The Balaban J connectivity index is 1.45. The minimum atomic E-state index is -0.710. The van der Waals surface area contributed by atoms with Gasteiger partial charge in [-0.2, -0.15) is 5.10 Å². The van der Waals surface area contributed by atoms with Crippen LogP contribution in [0.5, 0.6) is 11.5 Å². The van der Waals surface area contributed by atoms with Crippen LogP contribution in [-0.4, -0.2) is 30.2 Å². The van der Waals surface area contributed by atoms with Gasteiger partial charge in [-0.3, -0.25) is 4.79 Å². The largest absolute Gasteiger partial charge is 0.496 e. The second kappa shape index (κ2) is 12.3. The number of hydrazone groups is 1. The molecule has 0 fully saturated rings. The van der Waals surface area contributed by atoms with E-state index in [2.05, 4.69) is 47.4 Å². The zero-order valence-corrected chi connectivity index (χ0v) is 25.1. The van der Waals surface area contributed by atoms with E-state index >= 15 is 0 Å². The quantitative estimate of drug-likeness (QED) is 0.0777. The minimum Gasteiger partial charge on any atom is -0.496 e. The van der Waals surface area contributed by atoms with Crippen molar-refractivity contribution in [3.05, 3.63) is 115 Å². The third-order valence-electron chi connectivity index (χ3n) is 6.06. The van der Waals surface area contributed by atoms with Gasteiger partial charge in [0.1, 0.15) is 22.8 Å². The molecule has 0 unspecified atom stereocenters. The summed E-state index contributed by atoms with van der Waals surface area (Å²) in [6.45, 7) is 0. The van der Waals surface area contributed by atoms with Crippen LogP contribution >= 0.6 is 43.5 Å². The van der Waals surface area contributed by atoms with E-state index in [1.165, 1.54) is 25.5 Å². The number of fused-ring (bicyclic) bond motifs is 1. The SMILES string of the molecule is COc1ccc(Cl)cc1C(=O)Oc1c(Br)cc(Br)cc1C=NNC(=O)c1[nH]c2c(F)cccc2c1-c1ccccc1. The molecule has 0 saturated carbocycles. The van der Waals surface area contributed by atoms with Crippen molar-refractivity contribution < 1.29 is 23.5 Å². The first kappa shape index (κ1) is 28.5. The number of methoxy groups -OCH3 is 1. The summed E-state index contributed by atoms with van der Waals surface area (Å²) in [6.07, 6.45) is 1.33. The van der Waals surface area contributed by atoms with Crippen LogP contribution < -0.4 is 14.9 Å². The number of amides is 1. The van der Waals surface area contributed by atoms with Gasteiger partial charge in [-0.1, -0.05) is 70.0 Å². The number of benzene rings is 4. The number of para-hydroxylation sites is 1. The summed E-state index contributed by atoms with van der Waals surface area (Å²) in [4.78, 5) is 29.2. The Kier molecular flexibility index (Phi) is 8.53. The van der Waals surface area contributed by atoms with Crippen molar-refractivity contribution in [2.24, 2.45) is 5.10 Å². The highest BCUT2D eigenvalue weighted by Crippen LogP contribution is 2.35. The standard InChI is InChI=1S/C30H19Br2ClFN3O4/c1-40-24-11-10-19(33)14-21(24)30(39)41-28-17(12-18(31)13-22(28)32)15-35-37-29(38)27-25(16-6-3-2-4-7-16)20-8-5-9-23(34)26(20)36-27/h2-15,36H,1H3,(H,37,38). The van der Waals surface area contributed by atoms with Crippen LogP contribution in [0.25, 0.3) is 22.0 Å². The van der Waals surface area contributed by atoms with Gasteiger partial charge in [0.25, 0.3) is 5.91 Å². The Morgan fingerprint density at radius 1 is 1.02 bits per heavy atom. The minimum absolute atomic E-state index is 0.130. The molecule has 0 bridgehead atoms. The van der Waals surface area contributed by atoms with Gasteiger partial charge < -0.3 is 14.5 Å². The molecule has 0 spiro atoms. The highest BCUT2D eigenvalue weighted by atomic mass is 79.9. The molecule has 7 nitrogen and oxygen atoms in total. The van der Waals surface area contributed by atoms with Crippen LogP contribution in [0.3, 0.4) is 0 Å². The van der Waals surface area contributed by atoms with Crippen LogP contribution in [0, 0.1) is 5.82 Å². The molecule has 4 aromatic carbocycles. The van der Waals surface area contributed by atoms with Gasteiger partial charge in [-0.25, -0.2) is 14.6 Å². The van der Waals surface area contributed by atoms with E-state index in [-0.39, 0.29) is 22.5 Å². The topological polar surface area (TPSA) is 92.8 Å². The number of H-pyrrole nitrogens is 1. The summed E-state index contributed by atoms with van der Waals surface area (Å²) in [5.74, 6) is -1.34. The van der Waals surface area contributed by atoms with Crippen LogP contribution in [0.4, 0.5) is 4.39 Å². The molecule has 11 heteroatoms. The number of rotatable bonds is 7. The number of nitrogens with one attached hydrogen (secondary N) is 2. The van der Waals surface area contributed by atoms with Crippen molar-refractivity contribution in [2.45, 2.75) is 0 Å². The third kappa shape index (κ3) is 6.04. The van der Waals surface area contributed by atoms with Crippen molar-refractivity contribution in [3.63, 3.8) is 0 Å². The molecule has 5 rings (SSSR count). The molecule has 0 aliphatic heterocycles. The monoisotopic (exact) mass is 697 g/mol. The maximum absolute atomic E-state index is 14.6. The smallest absolute Gasteiger partial charge is 0.347 e. The molecular weight excluding hydrogens is 681 g/mol. The lowest BCUT2D eigenvalue weighted by Gasteiger charge is -2.12. The molecule has 41 heavy (non-hydrogen) atoms. The zero-order chi connectivity index (χ0) is 29.1. The number of nitrogens with zero attached hydrogens (tertiary/aromatic N) is 1. The van der Waals surface area contributed by atoms with E-state index in [0.717, 1.165) is 5.56 Å². The van der Waals surface area contributed by atoms with Gasteiger partial charge in [0.2, 0.25) is 0 Å². The second-order valence-corrected chi connectivity index (χ2v) is 10.8. The van der Waals surface area contributed by atoms with Gasteiger partial charge >= 0.3 is 5.97 Å². The maximum Gasteiger partial charge on any atom is 0.347 e. The van der Waals surface area contributed by atoms with Gasteiger partial charge in [-0.05, 0) is 57.9 Å². The van der Waals surface area contributed by atoms with Crippen molar-refractivity contribution in [3.8, 4) is 22.6 Å². The number of ether oxygens (including phenoxy) is 2. The summed E-state index contributed by atoms with van der Waals surface area (Å²) in [7, 11) is 1.43. The summed E-state index contributed by atoms with van der Waals surface area (Å²) in [6, 6.07) is 21.8. The van der Waals surface area contributed by atoms with E-state index in [4.69, 9.17) is 21.1 Å². The third-order valence-corrected chi connectivity index (χ3v) is 7.34. The number of carbonyl (C=O) groups excluding carboxylic acids is 2. The predicted molar refractivity (Wildman–Crippen MR) is 164 cm³/mol. The van der Waals surface area contributed by atoms with Crippen LogP contribution in [0.1, 0.15) is 26.4 Å². The first-order chi connectivity index (χ1) is 19.8. The van der Waals surface area contributed by atoms with Gasteiger partial charge in [0, 0.05) is 26.0 Å². The fourth-order valence-electron chi connectivity index (χ4n) is 4.24. The second-order valence-electron chi connectivity index (χ2n) is 8.64. The van der Waals surface area contributed by atoms with E-state index in [0.29, 0.717) is 36.2 Å². The van der Waals surface area contributed by atoms with Gasteiger partial charge in [0.05, 0.1) is 23.3 Å². The van der Waals surface area contributed by atoms with Crippen LogP contribution in [-0.2, 0) is 0 Å². The lowest BCUT2D eigenvalue weighted by Crippen LogP contribution is -2.19. The summed E-state index contributed by atoms with van der Waals surface area (Å²) >= 11 is 12.9. The Morgan fingerprint density at radius 2 is 1.80 bits per heavy atom. The fourth-order valence-corrected chi connectivity index (χ4v) is 5.76. The number of hydrogen-bond acceptors (Lipinski definition) is 5. The molecule has 1 aromatic heterocycles. The summed E-state index contributed by atoms with van der Waals surface area (Å²) in [5.41, 5.74) is 4.61. The molecule has 0 atom stereocenters. The fraction of sp³-hybridized carbons (Fsp3) is 0.0333. The predicted octanol–water partition coefficient (Wildman–Crippen LogP) is 8.14. The van der Waals surface area contributed by atoms with Gasteiger partial charge in [0.15, 0.2) is 5.75 Å². The van der Waals surface area contributed by atoms with E-state index in [1.807, 2.05) is 30.3 Å². The molecule has 0 aliphatic carbocycles. The summed E-state index contributed by atoms with van der Waals surface area (Å²) < 4.78 is 26.7. The molecule has 206 valence electrons. The van der Waals surface area contributed by atoms with Crippen LogP contribution in [0.15, 0.2) is 92.9 Å². The van der Waals surface area contributed by atoms with Crippen molar-refractivity contribution >= 4 is 72.5 Å². The normalized spacial score (nSPS) is 11.1. The number of halogens is 4. The Morgan fingerprint density at radius 3 is 2.56 bits per heavy atom. The molecule has 1 heterocycles. The molecule has 1 amide bonds. The number of aromatic amines is 1. The number of hydrogen-bond donors (Lipinski definition) is 2. The lowest BCUT2D eigenvalue weighted by molar-refractivity contribution is 0.0729. The molecule has 2 N–H and O–H groups in total. The van der Waals surface area contributed by atoms with Crippen molar-refractivity contribution in [1.29, 1.82) is 0 Å². The zero-order valence-electron chi connectivity index (χ0n) is 21.2. The number of carbonyl (C=O) groups is 2. The van der Waals surface area contributed by atoms with E-state index in [1.54, 1.807) is 36.4 Å². The van der Waals surface area contributed by atoms with E-state index in [9.17, 15) is 14.0 Å². The highest BCUT2D eigenvalue weighted by molar-refractivity contribution is 9.11. The highest BCUT2D eigenvalue weighted by Gasteiger charge is 2.22. The first-order valence-corrected chi connectivity index (χ1v) is 14.0. The Hall–Kier alpha value is -3.99. The number of aromatic nitrogens is 1. The average Bonchev–Trinajstić information content (AvgIpc) is 3.36. The van der Waals surface area contributed by atoms with E-state index < -0.39 is 17.7 Å². The molecule has 0 aliphatic rings.